The number of carbonyl (C=O) groups excluding carboxylic acids is 1. The molecular formula is C21H16Cl3NO. The molecule has 0 aliphatic heterocycles. The average molecular weight is 405 g/mol. The highest BCUT2D eigenvalue weighted by atomic mass is 35.5. The van der Waals surface area contributed by atoms with Gasteiger partial charge in [0.25, 0.3) is 0 Å². The fourth-order valence-electron chi connectivity index (χ4n) is 2.66. The maximum atomic E-state index is 12.7. The van der Waals surface area contributed by atoms with Crippen molar-refractivity contribution in [2.24, 2.45) is 0 Å². The number of rotatable bonds is 6. The molecule has 1 atom stereocenters. The first-order chi connectivity index (χ1) is 12.5. The van der Waals surface area contributed by atoms with Gasteiger partial charge in [-0.05, 0) is 54.1 Å². The van der Waals surface area contributed by atoms with Gasteiger partial charge in [0, 0.05) is 22.7 Å². The van der Waals surface area contributed by atoms with Crippen LogP contribution in [0, 0.1) is 0 Å². The van der Waals surface area contributed by atoms with Gasteiger partial charge in [0.1, 0.15) is 0 Å². The van der Waals surface area contributed by atoms with E-state index < -0.39 is 0 Å². The predicted octanol–water partition coefficient (Wildman–Crippen LogP) is 7.07. The average Bonchev–Trinajstić information content (AvgIpc) is 2.65. The minimum absolute atomic E-state index is 0.0150. The van der Waals surface area contributed by atoms with Gasteiger partial charge in [-0.3, -0.25) is 4.79 Å². The van der Waals surface area contributed by atoms with Gasteiger partial charge in [0.15, 0.2) is 5.78 Å². The van der Waals surface area contributed by atoms with Crippen LogP contribution in [0.5, 0.6) is 0 Å². The molecule has 0 fully saturated rings. The van der Waals surface area contributed by atoms with Crippen LogP contribution in [-0.4, -0.2) is 5.78 Å². The Labute approximate surface area is 167 Å². The Hall–Kier alpha value is -2.00. The van der Waals surface area contributed by atoms with Crippen molar-refractivity contribution in [3.8, 4) is 0 Å². The Balaban J connectivity index is 1.87. The largest absolute Gasteiger partial charge is 0.378 e. The van der Waals surface area contributed by atoms with Crippen LogP contribution in [0.15, 0.2) is 72.8 Å². The van der Waals surface area contributed by atoms with Crippen LogP contribution in [0.1, 0.15) is 28.4 Å². The first-order valence-corrected chi connectivity index (χ1v) is 9.21. The Morgan fingerprint density at radius 2 is 1.54 bits per heavy atom. The molecule has 0 spiro atoms. The third-order valence-electron chi connectivity index (χ3n) is 4.02. The molecule has 0 amide bonds. The Kier molecular flexibility index (Phi) is 6.20. The van der Waals surface area contributed by atoms with Gasteiger partial charge in [0.05, 0.1) is 16.1 Å². The summed E-state index contributed by atoms with van der Waals surface area (Å²) >= 11 is 18.1. The zero-order valence-corrected chi connectivity index (χ0v) is 16.0. The lowest BCUT2D eigenvalue weighted by Gasteiger charge is -2.20. The predicted molar refractivity (Wildman–Crippen MR) is 110 cm³/mol. The molecular weight excluding hydrogens is 389 g/mol. The van der Waals surface area contributed by atoms with Crippen molar-refractivity contribution in [2.45, 2.75) is 12.5 Å². The zero-order chi connectivity index (χ0) is 18.5. The van der Waals surface area contributed by atoms with Gasteiger partial charge >= 0.3 is 0 Å². The summed E-state index contributed by atoms with van der Waals surface area (Å²) in [6.45, 7) is 0. The molecule has 1 unspecified atom stereocenters. The molecule has 0 saturated heterocycles. The monoisotopic (exact) mass is 403 g/mol. The van der Waals surface area contributed by atoms with Crippen molar-refractivity contribution in [3.63, 3.8) is 0 Å². The molecule has 3 aromatic rings. The maximum absolute atomic E-state index is 12.7. The van der Waals surface area contributed by atoms with Crippen LogP contribution in [0.3, 0.4) is 0 Å². The van der Waals surface area contributed by atoms with Crippen molar-refractivity contribution in [2.75, 3.05) is 5.32 Å². The van der Waals surface area contributed by atoms with Crippen molar-refractivity contribution in [1.82, 2.24) is 0 Å². The quantitative estimate of drug-likeness (QED) is 0.445. The van der Waals surface area contributed by atoms with E-state index in [-0.39, 0.29) is 18.2 Å². The summed E-state index contributed by atoms with van der Waals surface area (Å²) in [4.78, 5) is 12.7. The summed E-state index contributed by atoms with van der Waals surface area (Å²) < 4.78 is 0. The molecule has 3 rings (SSSR count). The van der Waals surface area contributed by atoms with Crippen molar-refractivity contribution < 1.29 is 4.79 Å². The van der Waals surface area contributed by atoms with Gasteiger partial charge in [-0.25, -0.2) is 0 Å². The van der Waals surface area contributed by atoms with E-state index in [0.29, 0.717) is 20.6 Å². The first kappa shape index (κ1) is 18.8. The summed E-state index contributed by atoms with van der Waals surface area (Å²) in [7, 11) is 0. The minimum atomic E-state index is -0.240. The smallest absolute Gasteiger partial charge is 0.165 e. The van der Waals surface area contributed by atoms with E-state index in [1.165, 1.54) is 0 Å². The van der Waals surface area contributed by atoms with E-state index in [9.17, 15) is 4.79 Å². The third kappa shape index (κ3) is 4.79. The van der Waals surface area contributed by atoms with Gasteiger partial charge in [-0.15, -0.1) is 0 Å². The van der Waals surface area contributed by atoms with Crippen LogP contribution in [0.2, 0.25) is 15.1 Å². The highest BCUT2D eigenvalue weighted by molar-refractivity contribution is 6.42. The number of hydrogen-bond acceptors (Lipinski definition) is 2. The molecule has 0 radical (unpaired) electrons. The zero-order valence-electron chi connectivity index (χ0n) is 13.8. The molecule has 0 aromatic heterocycles. The highest BCUT2D eigenvalue weighted by Gasteiger charge is 2.18. The number of halogens is 3. The lowest BCUT2D eigenvalue weighted by Crippen LogP contribution is -2.16. The Bertz CT molecular complexity index is 895. The number of ketones is 1. The van der Waals surface area contributed by atoms with Crippen LogP contribution < -0.4 is 5.32 Å². The molecule has 1 N–H and O–H groups in total. The fourth-order valence-corrected chi connectivity index (χ4v) is 3.09. The number of anilines is 1. The molecule has 132 valence electrons. The lowest BCUT2D eigenvalue weighted by atomic mass is 9.97. The molecule has 5 heteroatoms. The summed E-state index contributed by atoms with van der Waals surface area (Å²) in [5.74, 6) is 0.0150. The van der Waals surface area contributed by atoms with Crippen molar-refractivity contribution >= 4 is 46.3 Å². The Morgan fingerprint density at radius 3 is 2.19 bits per heavy atom. The van der Waals surface area contributed by atoms with Crippen LogP contribution >= 0.6 is 34.8 Å². The van der Waals surface area contributed by atoms with Gasteiger partial charge in [-0.2, -0.15) is 0 Å². The number of hydrogen-bond donors (Lipinski definition) is 1. The number of Topliss-reactive ketones (excluding diaryl/α,β-unsaturated/α-hetero) is 1. The van der Waals surface area contributed by atoms with E-state index in [1.807, 2.05) is 36.4 Å². The van der Waals surface area contributed by atoms with Crippen molar-refractivity contribution in [3.05, 3.63) is 99.0 Å². The standard InChI is InChI=1S/C21H16Cl3NO/c22-16-9-6-14(7-10-16)21(26)13-20(25-17-4-2-1-3-5-17)15-8-11-18(23)19(24)12-15/h1-12,20,25H,13H2. The van der Waals surface area contributed by atoms with Crippen LogP contribution in [0.4, 0.5) is 5.69 Å². The number of para-hydroxylation sites is 1. The number of carbonyl (C=O) groups is 1. The minimum Gasteiger partial charge on any atom is -0.378 e. The lowest BCUT2D eigenvalue weighted by molar-refractivity contribution is 0.0976. The summed E-state index contributed by atoms with van der Waals surface area (Å²) in [5, 5.41) is 4.95. The number of benzene rings is 3. The van der Waals surface area contributed by atoms with Gasteiger partial charge < -0.3 is 5.32 Å². The van der Waals surface area contributed by atoms with Crippen molar-refractivity contribution in [1.29, 1.82) is 0 Å². The third-order valence-corrected chi connectivity index (χ3v) is 5.01. The highest BCUT2D eigenvalue weighted by Crippen LogP contribution is 2.30. The van der Waals surface area contributed by atoms with Crippen LogP contribution in [-0.2, 0) is 0 Å². The molecule has 3 aromatic carbocycles. The molecule has 0 aliphatic carbocycles. The second-order valence-corrected chi connectivity index (χ2v) is 7.12. The Morgan fingerprint density at radius 1 is 0.846 bits per heavy atom. The topological polar surface area (TPSA) is 29.1 Å². The molecule has 0 saturated carbocycles. The summed E-state index contributed by atoms with van der Waals surface area (Å²) in [6, 6.07) is 21.8. The SMILES string of the molecule is O=C(CC(Nc1ccccc1)c1ccc(Cl)c(Cl)c1)c1ccc(Cl)cc1. The number of nitrogens with one attached hydrogen (secondary N) is 1. The molecule has 26 heavy (non-hydrogen) atoms. The van der Waals surface area contributed by atoms with E-state index in [2.05, 4.69) is 5.32 Å². The van der Waals surface area contributed by atoms with E-state index in [4.69, 9.17) is 34.8 Å². The molecule has 0 heterocycles. The summed E-state index contributed by atoms with van der Waals surface area (Å²) in [5.41, 5.74) is 2.44. The molecule has 0 aliphatic rings. The second kappa shape index (κ2) is 8.59. The normalized spacial score (nSPS) is 11.8. The fraction of sp³-hybridized carbons (Fsp3) is 0.0952. The van der Waals surface area contributed by atoms with E-state index >= 15 is 0 Å². The maximum Gasteiger partial charge on any atom is 0.165 e. The first-order valence-electron chi connectivity index (χ1n) is 8.08. The van der Waals surface area contributed by atoms with E-state index in [0.717, 1.165) is 11.3 Å². The van der Waals surface area contributed by atoms with E-state index in [1.54, 1.807) is 36.4 Å². The van der Waals surface area contributed by atoms with Crippen LogP contribution in [0.25, 0.3) is 0 Å². The molecule has 0 bridgehead atoms. The van der Waals surface area contributed by atoms with Gasteiger partial charge in [0.2, 0.25) is 0 Å². The second-order valence-electron chi connectivity index (χ2n) is 5.87. The summed E-state index contributed by atoms with van der Waals surface area (Å²) in [6.07, 6.45) is 0.272. The van der Waals surface area contributed by atoms with Gasteiger partial charge in [-0.1, -0.05) is 59.1 Å². The molecule has 2 nitrogen and oxygen atoms in total.